The Morgan fingerprint density at radius 2 is 0.500 bits per heavy atom. The summed E-state index contributed by atoms with van der Waals surface area (Å²) in [6.45, 7) is 0. The molecule has 0 atom stereocenters. The van der Waals surface area contributed by atoms with Crippen molar-refractivity contribution in [2.45, 2.75) is 0 Å². The van der Waals surface area contributed by atoms with Crippen LogP contribution < -0.4 is 0 Å². The molecule has 0 aromatic rings. The third kappa shape index (κ3) is 8.83. The predicted octanol–water partition coefficient (Wildman–Crippen LogP) is -1.52. The first-order valence-corrected chi connectivity index (χ1v) is 0. The van der Waals surface area contributed by atoms with Crippen molar-refractivity contribution in [2.24, 2.45) is 0 Å². The molecular formula is As2Sb2. The van der Waals surface area contributed by atoms with Crippen molar-refractivity contribution in [1.82, 2.24) is 0 Å². The standard InChI is InChI=1S/2As.2Sb. The van der Waals surface area contributed by atoms with Crippen LogP contribution in [-0.2, 0) is 0 Å². The summed E-state index contributed by atoms with van der Waals surface area (Å²) in [6.07, 6.45) is 0. The van der Waals surface area contributed by atoms with Gasteiger partial charge in [0.15, 0.2) is 0 Å². The van der Waals surface area contributed by atoms with E-state index in [1.165, 1.54) is 0 Å². The SMILES string of the molecule is [As].[As].[Sb].[Sb]. The van der Waals surface area contributed by atoms with Crippen LogP contribution in [0.1, 0.15) is 0 Å². The van der Waals surface area contributed by atoms with Crippen molar-refractivity contribution >= 4 is 84.8 Å². The van der Waals surface area contributed by atoms with E-state index in [-0.39, 0.29) is 84.8 Å². The van der Waals surface area contributed by atoms with Crippen LogP contribution in [0.3, 0.4) is 0 Å². The van der Waals surface area contributed by atoms with Crippen molar-refractivity contribution in [3.05, 3.63) is 0 Å². The van der Waals surface area contributed by atoms with Crippen LogP contribution in [0.5, 0.6) is 0 Å². The zero-order chi connectivity index (χ0) is 0. The fraction of sp³-hybridized carbons (Fsp3) is 0. The van der Waals surface area contributed by atoms with E-state index in [2.05, 4.69) is 0 Å². The number of hydrogen-bond donors (Lipinski definition) is 0. The summed E-state index contributed by atoms with van der Waals surface area (Å²) in [7, 11) is 0. The molecule has 12 radical (unpaired) electrons. The van der Waals surface area contributed by atoms with Crippen molar-refractivity contribution < 1.29 is 0 Å². The Bertz CT molecular complexity index is 4.00. The smallest absolute Gasteiger partial charge is 0 e. The molecule has 4 heavy (non-hydrogen) atoms. The average Bonchev–Trinajstić information content (AvgIpc) is 0. The summed E-state index contributed by atoms with van der Waals surface area (Å²) >= 11 is 0. The third-order valence-electron chi connectivity index (χ3n) is 0. The first kappa shape index (κ1) is 29.5. The second-order valence-electron chi connectivity index (χ2n) is 0. The quantitative estimate of drug-likeness (QED) is 0.439. The van der Waals surface area contributed by atoms with Gasteiger partial charge in [-0.25, -0.2) is 0 Å². The van der Waals surface area contributed by atoms with E-state index in [1.807, 2.05) is 0 Å². The molecule has 0 aromatic heterocycles. The molecule has 0 bridgehead atoms. The Kier molecular flexibility index (Phi) is 126. The van der Waals surface area contributed by atoms with Crippen LogP contribution >= 0.6 is 0 Å². The Morgan fingerprint density at radius 1 is 0.500 bits per heavy atom. The topological polar surface area (TPSA) is 0 Å². The Labute approximate surface area is 83.4 Å². The molecule has 0 aliphatic rings. The van der Waals surface area contributed by atoms with Gasteiger partial charge in [0.25, 0.3) is 0 Å². The van der Waals surface area contributed by atoms with E-state index in [4.69, 9.17) is 0 Å². The maximum atomic E-state index is 0. The number of rotatable bonds is 0. The first-order valence-electron chi connectivity index (χ1n) is 0. The van der Waals surface area contributed by atoms with E-state index >= 15 is 0 Å². The third-order valence-corrected chi connectivity index (χ3v) is 0. The monoisotopic (exact) mass is 392 g/mol. The molecule has 0 spiro atoms. The molecule has 0 heterocycles. The molecule has 0 rings (SSSR count). The van der Waals surface area contributed by atoms with Crippen molar-refractivity contribution in [2.75, 3.05) is 0 Å². The van der Waals surface area contributed by atoms with Gasteiger partial charge in [0.05, 0.1) is 0 Å². The van der Waals surface area contributed by atoms with Crippen LogP contribution in [0.25, 0.3) is 0 Å². The maximum Gasteiger partial charge on any atom is 0 e. The molecule has 0 aliphatic carbocycles. The minimum Gasteiger partial charge on any atom is 0 e. The molecule has 0 fully saturated rings. The van der Waals surface area contributed by atoms with Crippen molar-refractivity contribution in [3.63, 3.8) is 0 Å². The molecule has 0 amide bonds. The minimum absolute atomic E-state index is 0. The van der Waals surface area contributed by atoms with Gasteiger partial charge in [0, 0.05) is 84.8 Å². The fourth-order valence-electron chi connectivity index (χ4n) is 0. The molecule has 0 aliphatic heterocycles. The van der Waals surface area contributed by atoms with E-state index in [0.717, 1.165) is 0 Å². The van der Waals surface area contributed by atoms with Gasteiger partial charge in [-0.05, 0) is 0 Å². The van der Waals surface area contributed by atoms with Crippen LogP contribution in [-0.4, -0.2) is 84.8 Å². The molecule has 0 saturated carbocycles. The molecule has 0 N–H and O–H groups in total. The zero-order valence-corrected chi connectivity index (χ0v) is 10.6. The summed E-state index contributed by atoms with van der Waals surface area (Å²) in [6, 6.07) is 0. The van der Waals surface area contributed by atoms with E-state index in [9.17, 15) is 0 Å². The van der Waals surface area contributed by atoms with Crippen molar-refractivity contribution in [1.29, 1.82) is 0 Å². The van der Waals surface area contributed by atoms with Crippen LogP contribution in [0.15, 0.2) is 0 Å². The van der Waals surface area contributed by atoms with Crippen LogP contribution in [0.2, 0.25) is 0 Å². The molecule has 0 saturated heterocycles. The summed E-state index contributed by atoms with van der Waals surface area (Å²) in [5.41, 5.74) is 0. The molecular weight excluding hydrogens is 393 g/mol. The first-order chi connectivity index (χ1) is 0. The Morgan fingerprint density at radius 3 is 0.500 bits per heavy atom. The van der Waals surface area contributed by atoms with E-state index in [1.54, 1.807) is 0 Å². The fourth-order valence-corrected chi connectivity index (χ4v) is 0. The van der Waals surface area contributed by atoms with Gasteiger partial charge in [-0.15, -0.1) is 0 Å². The van der Waals surface area contributed by atoms with E-state index in [0.29, 0.717) is 0 Å². The van der Waals surface area contributed by atoms with Gasteiger partial charge in [0.2, 0.25) is 0 Å². The zero-order valence-electron chi connectivity index (χ0n) is 1.79. The molecule has 20 valence electrons. The summed E-state index contributed by atoms with van der Waals surface area (Å²) in [4.78, 5) is 0. The Hall–Kier alpha value is 2.75. The van der Waals surface area contributed by atoms with E-state index < -0.39 is 0 Å². The average molecular weight is 393 g/mol. The van der Waals surface area contributed by atoms with Gasteiger partial charge in [-0.2, -0.15) is 0 Å². The minimum atomic E-state index is 0. The maximum absolute atomic E-state index is 0. The second-order valence-corrected chi connectivity index (χ2v) is 0. The van der Waals surface area contributed by atoms with Gasteiger partial charge >= 0.3 is 0 Å². The van der Waals surface area contributed by atoms with Gasteiger partial charge in [-0.1, -0.05) is 0 Å². The van der Waals surface area contributed by atoms with Gasteiger partial charge < -0.3 is 0 Å². The second kappa shape index (κ2) is 17.1. The predicted molar refractivity (Wildman–Crippen MR) is 23.0 cm³/mol. The van der Waals surface area contributed by atoms with Crippen molar-refractivity contribution in [3.8, 4) is 0 Å². The van der Waals surface area contributed by atoms with Gasteiger partial charge in [0.1, 0.15) is 0 Å². The summed E-state index contributed by atoms with van der Waals surface area (Å²) in [5, 5.41) is 0. The molecule has 0 unspecified atom stereocenters. The van der Waals surface area contributed by atoms with Crippen LogP contribution in [0, 0.1) is 0 Å². The number of hydrogen-bond acceptors (Lipinski definition) is 0. The van der Waals surface area contributed by atoms with Gasteiger partial charge in [-0.3, -0.25) is 0 Å². The molecule has 0 nitrogen and oxygen atoms in total. The Balaban J connectivity index is 0. The van der Waals surface area contributed by atoms with Crippen LogP contribution in [0.4, 0.5) is 0 Å². The molecule has 0 aromatic carbocycles. The normalized spacial score (nSPS) is 0. The summed E-state index contributed by atoms with van der Waals surface area (Å²) in [5.74, 6) is 0. The summed E-state index contributed by atoms with van der Waals surface area (Å²) < 4.78 is 0. The molecule has 4 heteroatoms. The largest absolute Gasteiger partial charge is 0 e.